The van der Waals surface area contributed by atoms with Crippen LogP contribution in [-0.2, 0) is 0 Å². The normalized spacial score (nSPS) is 15.7. The zero-order valence-corrected chi connectivity index (χ0v) is 18.7. The third-order valence-electron chi connectivity index (χ3n) is 5.64. The van der Waals surface area contributed by atoms with E-state index in [1.165, 1.54) is 11.1 Å². The summed E-state index contributed by atoms with van der Waals surface area (Å²) in [5.41, 5.74) is 2.64. The van der Waals surface area contributed by atoms with Crippen LogP contribution in [0.1, 0.15) is 57.8 Å². The Labute approximate surface area is 151 Å². The first-order valence-electron chi connectivity index (χ1n) is 8.93. The molecule has 0 unspecified atom stereocenters. The maximum Gasteiger partial charge on any atom is 0.250 e. The van der Waals surface area contributed by atoms with Crippen LogP contribution in [0.2, 0.25) is 18.1 Å². The van der Waals surface area contributed by atoms with E-state index in [0.29, 0.717) is 12.1 Å². The molecule has 0 fully saturated rings. The van der Waals surface area contributed by atoms with Gasteiger partial charge >= 0.3 is 0 Å². The van der Waals surface area contributed by atoms with Crippen molar-refractivity contribution in [2.75, 3.05) is 28.2 Å². The Bertz CT molecular complexity index is 515. The van der Waals surface area contributed by atoms with Gasteiger partial charge in [0.15, 0.2) is 0 Å². The number of hydrogen-bond acceptors (Lipinski definition) is 3. The van der Waals surface area contributed by atoms with E-state index < -0.39 is 8.32 Å². The lowest BCUT2D eigenvalue weighted by molar-refractivity contribution is 0.312. The van der Waals surface area contributed by atoms with Gasteiger partial charge in [0.1, 0.15) is 5.75 Å². The van der Waals surface area contributed by atoms with Gasteiger partial charge in [0, 0.05) is 12.1 Å². The highest BCUT2D eigenvalue weighted by Gasteiger charge is 2.39. The van der Waals surface area contributed by atoms with Crippen molar-refractivity contribution in [3.05, 3.63) is 29.3 Å². The van der Waals surface area contributed by atoms with E-state index in [4.69, 9.17) is 4.43 Å². The number of nitrogens with zero attached hydrogens (tertiary/aromatic N) is 2. The van der Waals surface area contributed by atoms with Crippen molar-refractivity contribution in [3.8, 4) is 5.75 Å². The van der Waals surface area contributed by atoms with Gasteiger partial charge < -0.3 is 14.2 Å². The van der Waals surface area contributed by atoms with Crippen molar-refractivity contribution >= 4 is 8.32 Å². The summed E-state index contributed by atoms with van der Waals surface area (Å²) in [5, 5.41) is 0.198. The Hall–Kier alpha value is -0.843. The monoisotopic (exact) mass is 350 g/mol. The van der Waals surface area contributed by atoms with Crippen LogP contribution < -0.4 is 4.43 Å². The summed E-state index contributed by atoms with van der Waals surface area (Å²) in [4.78, 5) is 4.49. The van der Waals surface area contributed by atoms with E-state index >= 15 is 0 Å². The van der Waals surface area contributed by atoms with Crippen LogP contribution >= 0.6 is 0 Å². The quantitative estimate of drug-likeness (QED) is 0.646. The fraction of sp³-hybridized carbons (Fsp3) is 0.700. The van der Waals surface area contributed by atoms with Gasteiger partial charge in [0.2, 0.25) is 8.32 Å². The van der Waals surface area contributed by atoms with Crippen molar-refractivity contribution in [1.29, 1.82) is 0 Å². The summed E-state index contributed by atoms with van der Waals surface area (Å²) in [6, 6.07) is 7.52. The highest BCUT2D eigenvalue weighted by Crippen LogP contribution is 2.39. The van der Waals surface area contributed by atoms with Crippen LogP contribution in [-0.4, -0.2) is 46.3 Å². The minimum atomic E-state index is -1.84. The fourth-order valence-electron chi connectivity index (χ4n) is 2.23. The maximum absolute atomic E-state index is 6.61. The molecule has 1 aromatic carbocycles. The Morgan fingerprint density at radius 2 is 1.21 bits per heavy atom. The average Bonchev–Trinajstić information content (AvgIpc) is 2.43. The van der Waals surface area contributed by atoms with Gasteiger partial charge in [-0.15, -0.1) is 0 Å². The lowest BCUT2D eigenvalue weighted by atomic mass is 10.00. The van der Waals surface area contributed by atoms with Gasteiger partial charge in [-0.05, 0) is 83.4 Å². The highest BCUT2D eigenvalue weighted by molar-refractivity contribution is 6.74. The van der Waals surface area contributed by atoms with Crippen molar-refractivity contribution in [3.63, 3.8) is 0 Å². The minimum Gasteiger partial charge on any atom is -0.543 e. The van der Waals surface area contributed by atoms with Crippen LogP contribution in [0, 0.1) is 0 Å². The van der Waals surface area contributed by atoms with Crippen LogP contribution in [0.3, 0.4) is 0 Å². The maximum atomic E-state index is 6.61. The van der Waals surface area contributed by atoms with Gasteiger partial charge in [-0.1, -0.05) is 26.8 Å². The van der Waals surface area contributed by atoms with E-state index in [0.717, 1.165) is 5.75 Å². The number of benzene rings is 1. The van der Waals surface area contributed by atoms with E-state index in [1.54, 1.807) is 0 Å². The SMILES string of the molecule is C[C@H](c1cc(O[Si](C)(C)C(C)(C)C)cc([C@@H](C)N(C)C)c1)N(C)C. The first-order chi connectivity index (χ1) is 10.8. The number of rotatable bonds is 6. The standard InChI is InChI=1S/C20H38N2OSi/c1-15(21(6)7)17-12-18(16(2)22(8)9)14-19(13-17)23-24(10,11)20(3,4)5/h12-16H,1-11H3/t15-,16-/m1/s1. The molecule has 0 saturated carbocycles. The fourth-order valence-corrected chi connectivity index (χ4v) is 3.24. The molecule has 0 spiro atoms. The van der Waals surface area contributed by atoms with E-state index in [9.17, 15) is 0 Å². The van der Waals surface area contributed by atoms with Gasteiger partial charge in [0.25, 0.3) is 0 Å². The summed E-state index contributed by atoms with van der Waals surface area (Å²) in [5.74, 6) is 1.02. The lowest BCUT2D eigenvalue weighted by Gasteiger charge is -2.37. The summed E-state index contributed by atoms with van der Waals surface area (Å²) in [7, 11) is 6.66. The molecule has 1 aromatic rings. The molecule has 0 aromatic heterocycles. The zero-order valence-electron chi connectivity index (χ0n) is 17.7. The smallest absolute Gasteiger partial charge is 0.250 e. The molecule has 0 aliphatic rings. The molecule has 1 rings (SSSR count). The van der Waals surface area contributed by atoms with Crippen molar-refractivity contribution < 1.29 is 4.43 Å². The largest absolute Gasteiger partial charge is 0.543 e. The van der Waals surface area contributed by atoms with E-state index in [-0.39, 0.29) is 5.04 Å². The second-order valence-electron chi connectivity index (χ2n) is 8.98. The number of hydrogen-bond donors (Lipinski definition) is 0. The Morgan fingerprint density at radius 3 is 1.50 bits per heavy atom. The van der Waals surface area contributed by atoms with Crippen LogP contribution in [0.5, 0.6) is 5.75 Å². The second kappa shape index (κ2) is 7.59. The van der Waals surface area contributed by atoms with Crippen LogP contribution in [0.4, 0.5) is 0 Å². The van der Waals surface area contributed by atoms with Crippen LogP contribution in [0.25, 0.3) is 0 Å². The minimum absolute atomic E-state index is 0.198. The second-order valence-corrected chi connectivity index (χ2v) is 13.7. The molecule has 3 nitrogen and oxygen atoms in total. The molecule has 0 heterocycles. The van der Waals surface area contributed by atoms with Crippen molar-refractivity contribution in [2.24, 2.45) is 0 Å². The van der Waals surface area contributed by atoms with Gasteiger partial charge in [0.05, 0.1) is 0 Å². The molecule has 4 heteroatoms. The van der Waals surface area contributed by atoms with Gasteiger partial charge in [-0.25, -0.2) is 0 Å². The molecule has 138 valence electrons. The van der Waals surface area contributed by atoms with Crippen molar-refractivity contribution in [2.45, 2.75) is 64.8 Å². The van der Waals surface area contributed by atoms with E-state index in [1.807, 2.05) is 0 Å². The predicted molar refractivity (Wildman–Crippen MR) is 108 cm³/mol. The first-order valence-corrected chi connectivity index (χ1v) is 11.8. The third-order valence-corrected chi connectivity index (χ3v) is 10.0. The molecule has 0 aliphatic heterocycles. The Kier molecular flexibility index (Phi) is 6.70. The zero-order chi connectivity index (χ0) is 18.9. The average molecular weight is 351 g/mol. The molecule has 0 radical (unpaired) electrons. The Morgan fingerprint density at radius 1 is 0.833 bits per heavy atom. The first kappa shape index (κ1) is 21.2. The summed E-state index contributed by atoms with van der Waals surface area (Å²) < 4.78 is 6.61. The van der Waals surface area contributed by atoms with Gasteiger partial charge in [-0.3, -0.25) is 0 Å². The molecule has 2 atom stereocenters. The predicted octanol–water partition coefficient (Wildman–Crippen LogP) is 5.32. The molecular weight excluding hydrogens is 312 g/mol. The third kappa shape index (κ3) is 5.07. The molecule has 0 bridgehead atoms. The summed E-state index contributed by atoms with van der Waals surface area (Å²) in [6.45, 7) is 16.0. The Balaban J connectivity index is 3.33. The molecule has 0 amide bonds. The van der Waals surface area contributed by atoms with Crippen molar-refractivity contribution in [1.82, 2.24) is 9.80 Å². The molecular formula is C20H38N2OSi. The van der Waals surface area contributed by atoms with Gasteiger partial charge in [-0.2, -0.15) is 0 Å². The molecule has 0 N–H and O–H groups in total. The molecule has 24 heavy (non-hydrogen) atoms. The highest BCUT2D eigenvalue weighted by atomic mass is 28.4. The molecule has 0 aliphatic carbocycles. The summed E-state index contributed by atoms with van der Waals surface area (Å²) >= 11 is 0. The summed E-state index contributed by atoms with van der Waals surface area (Å²) in [6.07, 6.45) is 0. The topological polar surface area (TPSA) is 15.7 Å². The molecule has 0 saturated heterocycles. The van der Waals surface area contributed by atoms with Crippen LogP contribution in [0.15, 0.2) is 18.2 Å². The lowest BCUT2D eigenvalue weighted by Crippen LogP contribution is -2.43. The van der Waals surface area contributed by atoms with E-state index in [2.05, 4.69) is 104 Å².